The molecule has 0 saturated heterocycles. The predicted octanol–water partition coefficient (Wildman–Crippen LogP) is 15.5. The van der Waals surface area contributed by atoms with Crippen LogP contribution in [-0.4, -0.2) is 19.5 Å². The molecule has 9 aromatic carbocycles. The zero-order valence-electron chi connectivity index (χ0n) is 35.3. The van der Waals surface area contributed by atoms with Crippen LogP contribution in [0.2, 0.25) is 0 Å². The number of para-hydroxylation sites is 1. The Labute approximate surface area is 370 Å². The molecule has 0 aliphatic carbocycles. The first-order chi connectivity index (χ1) is 31.6. The largest absolute Gasteiger partial charge is 0.456 e. The smallest absolute Gasteiger partial charge is 0.166 e. The Kier molecular flexibility index (Phi) is 8.87. The standard InChI is InChI=1S/C59H40N4O/c1-37-16-9-11-22-44(37)41-28-31-51-48(34-41)49-35-42(45-23-12-10-17-38(45)2)29-32-52(49)63(51)53-33-30-43(46-25-15-27-55-56(46)47-24-13-14-26-54(47)64-55)36-50(53)59-61-57(39-18-5-3-6-19-39)60-58(62-59)40-20-7-4-8-21-40/h3-36H,1-2H3. The van der Waals surface area contributed by atoms with Gasteiger partial charge >= 0.3 is 0 Å². The van der Waals surface area contributed by atoms with Crippen LogP contribution in [-0.2, 0) is 0 Å². The lowest BCUT2D eigenvalue weighted by atomic mass is 9.96. The highest BCUT2D eigenvalue weighted by molar-refractivity contribution is 6.14. The molecule has 0 aliphatic rings. The lowest BCUT2D eigenvalue weighted by Gasteiger charge is -2.17. The molecule has 3 aromatic heterocycles. The van der Waals surface area contributed by atoms with E-state index in [2.05, 4.69) is 170 Å². The van der Waals surface area contributed by atoms with E-state index in [1.54, 1.807) is 0 Å². The second kappa shape index (κ2) is 15.2. The summed E-state index contributed by atoms with van der Waals surface area (Å²) in [5.41, 5.74) is 16.9. The molecule has 5 nitrogen and oxygen atoms in total. The number of furan rings is 1. The summed E-state index contributed by atoms with van der Waals surface area (Å²) in [6.45, 7) is 4.36. The van der Waals surface area contributed by atoms with Crippen molar-refractivity contribution in [2.24, 2.45) is 0 Å². The molecule has 0 spiro atoms. The van der Waals surface area contributed by atoms with Crippen LogP contribution in [0.1, 0.15) is 11.1 Å². The summed E-state index contributed by atoms with van der Waals surface area (Å²) < 4.78 is 8.80. The fraction of sp³-hybridized carbons (Fsp3) is 0.0339. The first kappa shape index (κ1) is 37.4. The van der Waals surface area contributed by atoms with Crippen molar-refractivity contribution in [2.45, 2.75) is 13.8 Å². The van der Waals surface area contributed by atoms with E-state index in [9.17, 15) is 0 Å². The Bertz CT molecular complexity index is 3590. The fourth-order valence-electron chi connectivity index (χ4n) is 9.43. The molecule has 0 fully saturated rings. The van der Waals surface area contributed by atoms with Crippen molar-refractivity contribution in [3.05, 3.63) is 217 Å². The molecule has 0 N–H and O–H groups in total. The van der Waals surface area contributed by atoms with Gasteiger partial charge in [-0.2, -0.15) is 0 Å². The van der Waals surface area contributed by atoms with Crippen LogP contribution in [0.4, 0.5) is 0 Å². The maximum Gasteiger partial charge on any atom is 0.166 e. The van der Waals surface area contributed by atoms with Gasteiger partial charge in [-0.15, -0.1) is 0 Å². The first-order valence-corrected chi connectivity index (χ1v) is 21.7. The third-order valence-corrected chi connectivity index (χ3v) is 12.6. The molecule has 0 radical (unpaired) electrons. The highest BCUT2D eigenvalue weighted by Crippen LogP contribution is 2.43. The molecule has 0 amide bonds. The predicted molar refractivity (Wildman–Crippen MR) is 264 cm³/mol. The Morgan fingerprint density at radius 3 is 1.44 bits per heavy atom. The zero-order chi connectivity index (χ0) is 42.7. The van der Waals surface area contributed by atoms with Gasteiger partial charge in [0.2, 0.25) is 0 Å². The van der Waals surface area contributed by atoms with Gasteiger partial charge in [-0.1, -0.05) is 158 Å². The second-order valence-electron chi connectivity index (χ2n) is 16.5. The second-order valence-corrected chi connectivity index (χ2v) is 16.5. The number of benzene rings is 9. The van der Waals surface area contributed by atoms with Crippen LogP contribution < -0.4 is 0 Å². The molecule has 12 aromatic rings. The number of nitrogens with zero attached hydrogens (tertiary/aromatic N) is 4. The van der Waals surface area contributed by atoms with Crippen LogP contribution in [0.15, 0.2) is 211 Å². The van der Waals surface area contributed by atoms with Crippen molar-refractivity contribution >= 4 is 43.7 Å². The van der Waals surface area contributed by atoms with Crippen molar-refractivity contribution in [3.8, 4) is 73.2 Å². The summed E-state index contributed by atoms with van der Waals surface area (Å²) >= 11 is 0. The van der Waals surface area contributed by atoms with Crippen LogP contribution >= 0.6 is 0 Å². The van der Waals surface area contributed by atoms with E-state index in [0.717, 1.165) is 66.5 Å². The topological polar surface area (TPSA) is 56.7 Å². The van der Waals surface area contributed by atoms with Gasteiger partial charge in [0.25, 0.3) is 0 Å². The minimum Gasteiger partial charge on any atom is -0.456 e. The lowest BCUT2D eigenvalue weighted by Crippen LogP contribution is -2.04. The molecule has 5 heteroatoms. The van der Waals surface area contributed by atoms with Crippen molar-refractivity contribution < 1.29 is 4.42 Å². The molecular formula is C59H40N4O. The summed E-state index contributed by atoms with van der Waals surface area (Å²) in [5, 5.41) is 4.49. The average molecular weight is 821 g/mol. The Morgan fingerprint density at radius 1 is 0.344 bits per heavy atom. The third-order valence-electron chi connectivity index (χ3n) is 12.6. The molecule has 0 atom stereocenters. The molecule has 0 saturated carbocycles. The maximum absolute atomic E-state index is 6.40. The van der Waals surface area contributed by atoms with Gasteiger partial charge in [0.05, 0.1) is 16.7 Å². The molecule has 302 valence electrons. The lowest BCUT2D eigenvalue weighted by molar-refractivity contribution is 0.669. The van der Waals surface area contributed by atoms with Crippen molar-refractivity contribution in [2.75, 3.05) is 0 Å². The maximum atomic E-state index is 6.40. The SMILES string of the molecule is Cc1ccccc1-c1ccc2c(c1)c1cc(-c3ccccc3C)ccc1n2-c1ccc(-c2cccc3oc4ccccc4c23)cc1-c1nc(-c2ccccc2)nc(-c2ccccc2)n1. The molecule has 0 aliphatic heterocycles. The highest BCUT2D eigenvalue weighted by Gasteiger charge is 2.23. The number of fused-ring (bicyclic) bond motifs is 6. The van der Waals surface area contributed by atoms with E-state index in [-0.39, 0.29) is 0 Å². The van der Waals surface area contributed by atoms with Gasteiger partial charge in [-0.05, 0) is 107 Å². The Hall–Kier alpha value is -8.41. The Morgan fingerprint density at radius 2 is 0.828 bits per heavy atom. The monoisotopic (exact) mass is 820 g/mol. The van der Waals surface area contributed by atoms with Gasteiger partial charge < -0.3 is 8.98 Å². The number of aromatic nitrogens is 4. The van der Waals surface area contributed by atoms with E-state index in [0.29, 0.717) is 17.5 Å². The summed E-state index contributed by atoms with van der Waals surface area (Å²) in [6, 6.07) is 72.7. The van der Waals surface area contributed by atoms with Crippen LogP contribution in [0.5, 0.6) is 0 Å². The zero-order valence-corrected chi connectivity index (χ0v) is 35.3. The number of hydrogen-bond donors (Lipinski definition) is 0. The van der Waals surface area contributed by atoms with E-state index >= 15 is 0 Å². The molecular weight excluding hydrogens is 781 g/mol. The van der Waals surface area contributed by atoms with Gasteiger partial charge in [0.15, 0.2) is 17.5 Å². The molecule has 0 bridgehead atoms. The molecule has 3 heterocycles. The summed E-state index contributed by atoms with van der Waals surface area (Å²) in [7, 11) is 0. The average Bonchev–Trinajstić information content (AvgIpc) is 3.90. The third kappa shape index (κ3) is 6.28. The van der Waals surface area contributed by atoms with Crippen molar-refractivity contribution in [3.63, 3.8) is 0 Å². The molecule has 64 heavy (non-hydrogen) atoms. The van der Waals surface area contributed by atoms with Crippen molar-refractivity contribution in [1.82, 2.24) is 19.5 Å². The summed E-state index contributed by atoms with van der Waals surface area (Å²) in [5.74, 6) is 1.80. The van der Waals surface area contributed by atoms with Crippen LogP contribution in [0.25, 0.3) is 117 Å². The summed E-state index contributed by atoms with van der Waals surface area (Å²) in [4.78, 5) is 15.8. The summed E-state index contributed by atoms with van der Waals surface area (Å²) in [6.07, 6.45) is 0. The van der Waals surface area contributed by atoms with Crippen LogP contribution in [0, 0.1) is 13.8 Å². The van der Waals surface area contributed by atoms with E-state index < -0.39 is 0 Å². The van der Waals surface area contributed by atoms with Gasteiger partial charge in [-0.3, -0.25) is 0 Å². The molecule has 0 unspecified atom stereocenters. The number of aryl methyl sites for hydroxylation is 2. The number of rotatable bonds is 7. The van der Waals surface area contributed by atoms with Crippen LogP contribution in [0.3, 0.4) is 0 Å². The molecule has 12 rings (SSSR count). The van der Waals surface area contributed by atoms with Gasteiger partial charge in [0, 0.05) is 38.2 Å². The fourth-order valence-corrected chi connectivity index (χ4v) is 9.43. The minimum absolute atomic E-state index is 0.580. The quantitative estimate of drug-likeness (QED) is 0.161. The van der Waals surface area contributed by atoms with E-state index in [4.69, 9.17) is 19.4 Å². The minimum atomic E-state index is 0.580. The van der Waals surface area contributed by atoms with E-state index in [1.165, 1.54) is 44.2 Å². The van der Waals surface area contributed by atoms with Gasteiger partial charge in [0.1, 0.15) is 11.2 Å². The normalized spacial score (nSPS) is 11.6. The van der Waals surface area contributed by atoms with E-state index in [1.807, 2.05) is 54.6 Å². The van der Waals surface area contributed by atoms with Crippen molar-refractivity contribution in [1.29, 1.82) is 0 Å². The highest BCUT2D eigenvalue weighted by atomic mass is 16.3. The Balaban J connectivity index is 1.17. The number of hydrogen-bond acceptors (Lipinski definition) is 4. The first-order valence-electron chi connectivity index (χ1n) is 21.7. The van der Waals surface area contributed by atoms with Gasteiger partial charge in [-0.25, -0.2) is 15.0 Å².